The van der Waals surface area contributed by atoms with Crippen molar-refractivity contribution in [2.24, 2.45) is 5.84 Å². The van der Waals surface area contributed by atoms with Crippen LogP contribution in [0.1, 0.15) is 12.5 Å². The molecule has 0 aliphatic heterocycles. The fourth-order valence-electron chi connectivity index (χ4n) is 1.53. The molecule has 0 fully saturated rings. The zero-order valence-corrected chi connectivity index (χ0v) is 10.5. The molecule has 1 aromatic carbocycles. The van der Waals surface area contributed by atoms with Crippen LogP contribution in [0.2, 0.25) is 0 Å². The van der Waals surface area contributed by atoms with Gasteiger partial charge in [0.2, 0.25) is 0 Å². The van der Waals surface area contributed by atoms with E-state index in [1.807, 2.05) is 18.9 Å². The van der Waals surface area contributed by atoms with E-state index in [1.165, 1.54) is 12.1 Å². The summed E-state index contributed by atoms with van der Waals surface area (Å²) in [5.41, 5.74) is 3.89. The van der Waals surface area contributed by atoms with E-state index in [0.717, 1.165) is 5.56 Å². The number of non-ortho nitro benzene ring substituents is 1. The molecule has 1 rings (SSSR count). The third-order valence-corrected chi connectivity index (χ3v) is 2.89. The summed E-state index contributed by atoms with van der Waals surface area (Å²) in [7, 11) is 1.83. The third-order valence-electron chi connectivity index (χ3n) is 2.89. The number of hydrogen-bond acceptors (Lipinski definition) is 6. The van der Waals surface area contributed by atoms with Crippen molar-refractivity contribution in [2.45, 2.75) is 19.5 Å². The van der Waals surface area contributed by atoms with Gasteiger partial charge in [0.1, 0.15) is 0 Å². The van der Waals surface area contributed by atoms with Crippen molar-refractivity contribution in [1.29, 1.82) is 0 Å². The molecule has 0 aromatic heterocycles. The number of benzene rings is 1. The first-order valence-corrected chi connectivity index (χ1v) is 5.54. The smallest absolute Gasteiger partial charge is 0.269 e. The van der Waals surface area contributed by atoms with Crippen LogP contribution in [0.3, 0.4) is 0 Å². The number of nitro benzene ring substituents is 1. The number of aliphatic hydroxyl groups excluding tert-OH is 1. The van der Waals surface area contributed by atoms with E-state index >= 15 is 0 Å². The molecule has 7 nitrogen and oxygen atoms in total. The molecule has 1 unspecified atom stereocenters. The summed E-state index contributed by atoms with van der Waals surface area (Å²) in [4.78, 5) is 12.2. The predicted molar refractivity (Wildman–Crippen MR) is 68.9 cm³/mol. The van der Waals surface area contributed by atoms with Crippen LogP contribution in [-0.2, 0) is 6.54 Å². The molecule has 0 aliphatic rings. The van der Waals surface area contributed by atoms with Gasteiger partial charge in [-0.2, -0.15) is 0 Å². The molecule has 100 valence electrons. The lowest BCUT2D eigenvalue weighted by atomic mass is 10.1. The van der Waals surface area contributed by atoms with Gasteiger partial charge in [-0.25, -0.2) is 0 Å². The molecule has 0 heterocycles. The van der Waals surface area contributed by atoms with Crippen molar-refractivity contribution in [3.05, 3.63) is 33.9 Å². The summed E-state index contributed by atoms with van der Waals surface area (Å²) >= 11 is 0. The van der Waals surface area contributed by atoms with Gasteiger partial charge in [0.25, 0.3) is 5.69 Å². The summed E-state index contributed by atoms with van der Waals surface area (Å²) < 4.78 is 0. The highest BCUT2D eigenvalue weighted by atomic mass is 16.6. The maximum atomic E-state index is 10.7. The number of nitro groups is 1. The van der Waals surface area contributed by atoms with Crippen molar-refractivity contribution in [3.8, 4) is 0 Å². The highest BCUT2D eigenvalue weighted by molar-refractivity contribution is 5.55. The summed E-state index contributed by atoms with van der Waals surface area (Å²) in [6.45, 7) is 2.35. The number of aliphatic hydroxyl groups is 1. The van der Waals surface area contributed by atoms with E-state index in [2.05, 4.69) is 5.43 Å². The first-order chi connectivity index (χ1) is 8.49. The number of likely N-dealkylation sites (N-methyl/N-ethyl adjacent to an activating group) is 1. The lowest BCUT2D eigenvalue weighted by Gasteiger charge is -2.23. The number of hydrazine groups is 1. The minimum atomic E-state index is -0.445. The topological polar surface area (TPSA) is 105 Å². The molecule has 4 N–H and O–H groups in total. The monoisotopic (exact) mass is 254 g/mol. The van der Waals surface area contributed by atoms with E-state index in [0.29, 0.717) is 12.2 Å². The van der Waals surface area contributed by atoms with Crippen LogP contribution < -0.4 is 11.3 Å². The van der Waals surface area contributed by atoms with E-state index in [1.54, 1.807) is 6.07 Å². The van der Waals surface area contributed by atoms with Gasteiger partial charge in [-0.15, -0.1) is 0 Å². The average Bonchev–Trinajstić information content (AvgIpc) is 2.37. The first kappa shape index (κ1) is 14.4. The van der Waals surface area contributed by atoms with Crippen LogP contribution in [0.4, 0.5) is 11.4 Å². The van der Waals surface area contributed by atoms with Crippen molar-refractivity contribution < 1.29 is 10.0 Å². The second-order valence-corrected chi connectivity index (χ2v) is 4.19. The molecular formula is C11H18N4O3. The minimum absolute atomic E-state index is 0.0223. The van der Waals surface area contributed by atoms with Gasteiger partial charge in [-0.1, -0.05) is 0 Å². The standard InChI is InChI=1S/C11H18N4O3/c1-8(7-16)14(2)6-9-5-10(15(17)18)3-4-11(9)13-12/h3-5,8,13,16H,6-7,12H2,1-2H3. The van der Waals surface area contributed by atoms with Crippen molar-refractivity contribution in [3.63, 3.8) is 0 Å². The lowest BCUT2D eigenvalue weighted by molar-refractivity contribution is -0.384. The van der Waals surface area contributed by atoms with Gasteiger partial charge in [-0.3, -0.25) is 20.9 Å². The van der Waals surface area contributed by atoms with Crippen LogP contribution in [0.5, 0.6) is 0 Å². The highest BCUT2D eigenvalue weighted by Gasteiger charge is 2.14. The lowest BCUT2D eigenvalue weighted by Crippen LogP contribution is -2.31. The number of nitrogens with two attached hydrogens (primary N) is 1. The normalized spacial score (nSPS) is 12.5. The third kappa shape index (κ3) is 3.39. The Balaban J connectivity index is 2.97. The summed E-state index contributed by atoms with van der Waals surface area (Å²) in [5, 5.41) is 19.8. The Kier molecular flexibility index (Phi) is 5.02. The first-order valence-electron chi connectivity index (χ1n) is 5.54. The maximum Gasteiger partial charge on any atom is 0.269 e. The van der Waals surface area contributed by atoms with E-state index in [-0.39, 0.29) is 18.3 Å². The number of hydrogen-bond donors (Lipinski definition) is 3. The Morgan fingerprint density at radius 3 is 2.78 bits per heavy atom. The molecule has 7 heteroatoms. The summed E-state index contributed by atoms with van der Waals surface area (Å²) in [6.07, 6.45) is 0. The molecule has 0 spiro atoms. The van der Waals surface area contributed by atoms with E-state index in [4.69, 9.17) is 10.9 Å². The summed E-state index contributed by atoms with van der Waals surface area (Å²) in [6, 6.07) is 4.42. The Bertz CT molecular complexity index is 425. The second-order valence-electron chi connectivity index (χ2n) is 4.19. The zero-order chi connectivity index (χ0) is 13.7. The van der Waals surface area contributed by atoms with E-state index < -0.39 is 4.92 Å². The molecule has 0 saturated heterocycles. The highest BCUT2D eigenvalue weighted by Crippen LogP contribution is 2.23. The van der Waals surface area contributed by atoms with Crippen LogP contribution in [-0.4, -0.2) is 34.6 Å². The van der Waals surface area contributed by atoms with Crippen LogP contribution in [0.25, 0.3) is 0 Å². The number of rotatable bonds is 6. The fourth-order valence-corrected chi connectivity index (χ4v) is 1.53. The summed E-state index contributed by atoms with van der Waals surface area (Å²) in [5.74, 6) is 5.37. The predicted octanol–water partition coefficient (Wildman–Crippen LogP) is 0.693. The average molecular weight is 254 g/mol. The molecule has 0 aliphatic carbocycles. The van der Waals surface area contributed by atoms with Gasteiger partial charge in [0.15, 0.2) is 0 Å². The molecular weight excluding hydrogens is 236 g/mol. The van der Waals surface area contributed by atoms with Gasteiger partial charge >= 0.3 is 0 Å². The van der Waals surface area contributed by atoms with Gasteiger partial charge in [0.05, 0.1) is 17.2 Å². The van der Waals surface area contributed by atoms with Crippen molar-refractivity contribution in [2.75, 3.05) is 19.1 Å². The molecule has 0 saturated carbocycles. The largest absolute Gasteiger partial charge is 0.395 e. The Morgan fingerprint density at radius 2 is 2.28 bits per heavy atom. The number of nitrogens with zero attached hydrogens (tertiary/aromatic N) is 2. The molecule has 1 atom stereocenters. The second kappa shape index (κ2) is 6.29. The van der Waals surface area contributed by atoms with Crippen LogP contribution >= 0.6 is 0 Å². The fraction of sp³-hybridized carbons (Fsp3) is 0.455. The molecule has 0 amide bonds. The number of nitrogen functional groups attached to an aromatic ring is 1. The van der Waals surface area contributed by atoms with E-state index in [9.17, 15) is 10.1 Å². The van der Waals surface area contributed by atoms with Gasteiger partial charge in [-0.05, 0) is 25.6 Å². The maximum absolute atomic E-state index is 10.7. The van der Waals surface area contributed by atoms with Crippen molar-refractivity contribution in [1.82, 2.24) is 4.90 Å². The Labute approximate surface area is 105 Å². The van der Waals surface area contributed by atoms with Crippen molar-refractivity contribution >= 4 is 11.4 Å². The van der Waals surface area contributed by atoms with Crippen LogP contribution in [0, 0.1) is 10.1 Å². The SMILES string of the molecule is CC(CO)N(C)Cc1cc([N+](=O)[O-])ccc1NN. The Hall–Kier alpha value is -1.70. The number of anilines is 1. The zero-order valence-electron chi connectivity index (χ0n) is 10.5. The molecule has 18 heavy (non-hydrogen) atoms. The number of nitrogens with one attached hydrogen (secondary N) is 1. The van der Waals surface area contributed by atoms with Gasteiger partial charge in [0, 0.05) is 24.7 Å². The van der Waals surface area contributed by atoms with Crippen LogP contribution in [0.15, 0.2) is 18.2 Å². The minimum Gasteiger partial charge on any atom is -0.395 e. The molecule has 0 radical (unpaired) electrons. The quantitative estimate of drug-likeness (QED) is 0.392. The molecule has 0 bridgehead atoms. The van der Waals surface area contributed by atoms with Gasteiger partial charge < -0.3 is 10.5 Å². The Morgan fingerprint density at radius 1 is 1.61 bits per heavy atom. The molecule has 1 aromatic rings.